The van der Waals surface area contributed by atoms with E-state index in [2.05, 4.69) is 17.4 Å². The Morgan fingerprint density at radius 3 is 2.83 bits per heavy atom. The molecular formula is C19H19NO3. The van der Waals surface area contributed by atoms with Crippen LogP contribution in [0.15, 0.2) is 59.2 Å². The van der Waals surface area contributed by atoms with Gasteiger partial charge in [0.15, 0.2) is 0 Å². The van der Waals surface area contributed by atoms with Gasteiger partial charge < -0.3 is 14.5 Å². The Labute approximate surface area is 135 Å². The first-order chi connectivity index (χ1) is 11.2. The van der Waals surface area contributed by atoms with Gasteiger partial charge in [-0.25, -0.2) is 0 Å². The zero-order valence-electron chi connectivity index (χ0n) is 13.0. The minimum atomic E-state index is -0.0143. The molecule has 0 aliphatic carbocycles. The van der Waals surface area contributed by atoms with E-state index in [0.29, 0.717) is 13.2 Å². The smallest absolute Gasteiger partial charge is 0.216 e. The average Bonchev–Trinajstić information content (AvgIpc) is 3.06. The molecule has 2 aromatic carbocycles. The quantitative estimate of drug-likeness (QED) is 0.755. The number of benzene rings is 2. The molecule has 1 aromatic heterocycles. The number of carbonyl (C=O) groups excluding carboxylic acids is 1. The lowest BCUT2D eigenvalue weighted by Gasteiger charge is -2.11. The highest BCUT2D eigenvalue weighted by atomic mass is 16.5. The van der Waals surface area contributed by atoms with Gasteiger partial charge >= 0.3 is 0 Å². The number of hydrogen-bond donors (Lipinski definition) is 1. The number of carbonyl (C=O) groups is 1. The SMILES string of the molecule is CC(=O)NCCc1cc(OCc2ccco2)cc2ccccc12. The maximum Gasteiger partial charge on any atom is 0.216 e. The molecule has 23 heavy (non-hydrogen) atoms. The van der Waals surface area contributed by atoms with Gasteiger partial charge in [0, 0.05) is 13.5 Å². The van der Waals surface area contributed by atoms with Gasteiger partial charge in [-0.05, 0) is 47.0 Å². The Balaban J connectivity index is 1.82. The highest BCUT2D eigenvalue weighted by molar-refractivity contribution is 5.87. The fourth-order valence-corrected chi connectivity index (χ4v) is 2.57. The molecule has 1 heterocycles. The molecule has 118 valence electrons. The van der Waals surface area contributed by atoms with E-state index in [1.54, 1.807) is 6.26 Å². The third-order valence-electron chi connectivity index (χ3n) is 3.65. The first-order valence-electron chi connectivity index (χ1n) is 7.63. The van der Waals surface area contributed by atoms with E-state index in [0.717, 1.165) is 28.9 Å². The summed E-state index contributed by atoms with van der Waals surface area (Å²) >= 11 is 0. The maximum atomic E-state index is 11.1. The molecule has 4 nitrogen and oxygen atoms in total. The standard InChI is InChI=1S/C19H19NO3/c1-14(21)20-9-8-16-12-18(23-13-17-6-4-10-22-17)11-15-5-2-3-7-19(15)16/h2-7,10-12H,8-9,13H2,1H3,(H,20,21). The van der Waals surface area contributed by atoms with Gasteiger partial charge in [-0.15, -0.1) is 0 Å². The molecule has 3 aromatic rings. The van der Waals surface area contributed by atoms with E-state index in [-0.39, 0.29) is 5.91 Å². The summed E-state index contributed by atoms with van der Waals surface area (Å²) in [6, 6.07) is 16.0. The maximum absolute atomic E-state index is 11.1. The molecule has 0 unspecified atom stereocenters. The lowest BCUT2D eigenvalue weighted by molar-refractivity contribution is -0.118. The number of nitrogens with one attached hydrogen (secondary N) is 1. The molecule has 0 atom stereocenters. The van der Waals surface area contributed by atoms with E-state index in [1.165, 1.54) is 12.3 Å². The van der Waals surface area contributed by atoms with Gasteiger partial charge in [0.2, 0.25) is 5.91 Å². The average molecular weight is 309 g/mol. The minimum Gasteiger partial charge on any atom is -0.486 e. The normalized spacial score (nSPS) is 10.7. The summed E-state index contributed by atoms with van der Waals surface area (Å²) in [7, 11) is 0. The van der Waals surface area contributed by atoms with Crippen molar-refractivity contribution >= 4 is 16.7 Å². The zero-order valence-corrected chi connectivity index (χ0v) is 13.0. The molecule has 0 bridgehead atoms. The second-order valence-corrected chi connectivity index (χ2v) is 5.40. The molecule has 0 aliphatic rings. The first kappa shape index (κ1) is 15.2. The van der Waals surface area contributed by atoms with Crippen molar-refractivity contribution in [1.29, 1.82) is 0 Å². The Kier molecular flexibility index (Phi) is 4.62. The van der Waals surface area contributed by atoms with Crippen LogP contribution in [0.1, 0.15) is 18.2 Å². The number of rotatable bonds is 6. The number of hydrogen-bond acceptors (Lipinski definition) is 3. The summed E-state index contributed by atoms with van der Waals surface area (Å²) < 4.78 is 11.1. The summed E-state index contributed by atoms with van der Waals surface area (Å²) in [5.74, 6) is 1.58. The highest BCUT2D eigenvalue weighted by Crippen LogP contribution is 2.26. The van der Waals surface area contributed by atoms with Crippen LogP contribution in [0.3, 0.4) is 0 Å². The van der Waals surface area contributed by atoms with Crippen molar-refractivity contribution in [3.8, 4) is 5.75 Å². The summed E-state index contributed by atoms with van der Waals surface area (Å²) in [5, 5.41) is 5.15. The van der Waals surface area contributed by atoms with Crippen molar-refractivity contribution in [3.05, 3.63) is 66.1 Å². The fourth-order valence-electron chi connectivity index (χ4n) is 2.57. The molecule has 0 fully saturated rings. The van der Waals surface area contributed by atoms with Crippen molar-refractivity contribution in [3.63, 3.8) is 0 Å². The third kappa shape index (κ3) is 3.92. The Morgan fingerprint density at radius 2 is 2.04 bits per heavy atom. The summed E-state index contributed by atoms with van der Waals surface area (Å²) in [6.07, 6.45) is 2.40. The summed E-state index contributed by atoms with van der Waals surface area (Å²) in [5.41, 5.74) is 1.16. The minimum absolute atomic E-state index is 0.0143. The monoisotopic (exact) mass is 309 g/mol. The number of fused-ring (bicyclic) bond motifs is 1. The van der Waals surface area contributed by atoms with E-state index >= 15 is 0 Å². The van der Waals surface area contributed by atoms with E-state index < -0.39 is 0 Å². The van der Waals surface area contributed by atoms with Gasteiger partial charge in [0.25, 0.3) is 0 Å². The number of ether oxygens (including phenoxy) is 1. The Hall–Kier alpha value is -2.75. The van der Waals surface area contributed by atoms with E-state index in [9.17, 15) is 4.79 Å². The molecule has 1 amide bonds. The van der Waals surface area contributed by atoms with Crippen LogP contribution in [-0.4, -0.2) is 12.5 Å². The number of furan rings is 1. The van der Waals surface area contributed by atoms with Crippen molar-refractivity contribution in [2.75, 3.05) is 6.54 Å². The predicted octanol–water partition coefficient (Wildman–Crippen LogP) is 3.69. The van der Waals surface area contributed by atoms with Crippen molar-refractivity contribution < 1.29 is 13.9 Å². The van der Waals surface area contributed by atoms with Crippen LogP contribution in [0.5, 0.6) is 5.75 Å². The van der Waals surface area contributed by atoms with Crippen LogP contribution in [0, 0.1) is 0 Å². The van der Waals surface area contributed by atoms with Gasteiger partial charge in [-0.2, -0.15) is 0 Å². The lowest BCUT2D eigenvalue weighted by atomic mass is 10.0. The molecule has 1 N–H and O–H groups in total. The molecule has 0 aliphatic heterocycles. The molecule has 0 saturated heterocycles. The highest BCUT2D eigenvalue weighted by Gasteiger charge is 2.06. The summed E-state index contributed by atoms with van der Waals surface area (Å²) in [6.45, 7) is 2.54. The second-order valence-electron chi connectivity index (χ2n) is 5.40. The van der Waals surface area contributed by atoms with Crippen molar-refractivity contribution in [1.82, 2.24) is 5.32 Å². The molecule has 0 saturated carbocycles. The molecule has 0 radical (unpaired) electrons. The van der Waals surface area contributed by atoms with Crippen molar-refractivity contribution in [2.24, 2.45) is 0 Å². The van der Waals surface area contributed by atoms with Gasteiger partial charge in [0.1, 0.15) is 18.1 Å². The van der Waals surface area contributed by atoms with Crippen LogP contribution in [0.2, 0.25) is 0 Å². The molecule has 3 rings (SSSR count). The lowest BCUT2D eigenvalue weighted by Crippen LogP contribution is -2.22. The number of amides is 1. The van der Waals surface area contributed by atoms with Crippen LogP contribution in [0.25, 0.3) is 10.8 Å². The summed E-state index contributed by atoms with van der Waals surface area (Å²) in [4.78, 5) is 11.1. The Bertz CT molecular complexity index is 793. The van der Waals surface area contributed by atoms with Gasteiger partial charge in [0.05, 0.1) is 6.26 Å². The fraction of sp³-hybridized carbons (Fsp3) is 0.211. The van der Waals surface area contributed by atoms with Crippen molar-refractivity contribution in [2.45, 2.75) is 20.0 Å². The van der Waals surface area contributed by atoms with Crippen LogP contribution >= 0.6 is 0 Å². The predicted molar refractivity (Wildman–Crippen MR) is 89.4 cm³/mol. The second kappa shape index (κ2) is 7.01. The molecular weight excluding hydrogens is 290 g/mol. The van der Waals surface area contributed by atoms with E-state index in [4.69, 9.17) is 9.15 Å². The van der Waals surface area contributed by atoms with Crippen LogP contribution in [-0.2, 0) is 17.8 Å². The Morgan fingerprint density at radius 1 is 1.17 bits per heavy atom. The third-order valence-corrected chi connectivity index (χ3v) is 3.65. The van der Waals surface area contributed by atoms with Crippen LogP contribution < -0.4 is 10.1 Å². The molecule has 4 heteroatoms. The van der Waals surface area contributed by atoms with Crippen LogP contribution in [0.4, 0.5) is 0 Å². The first-order valence-corrected chi connectivity index (χ1v) is 7.63. The van der Waals surface area contributed by atoms with E-state index in [1.807, 2.05) is 36.4 Å². The topological polar surface area (TPSA) is 51.5 Å². The molecule has 0 spiro atoms. The largest absolute Gasteiger partial charge is 0.486 e. The zero-order chi connectivity index (χ0) is 16.1. The van der Waals surface area contributed by atoms with Gasteiger partial charge in [-0.3, -0.25) is 4.79 Å². The van der Waals surface area contributed by atoms with Gasteiger partial charge in [-0.1, -0.05) is 24.3 Å².